The van der Waals surface area contributed by atoms with Crippen LogP contribution in [0.2, 0.25) is 0 Å². The van der Waals surface area contributed by atoms with Gasteiger partial charge in [-0.1, -0.05) is 13.8 Å². The number of aliphatic hydroxyl groups excluding tert-OH is 1. The lowest BCUT2D eigenvalue weighted by molar-refractivity contribution is -0.140. The number of rotatable bonds is 2. The summed E-state index contributed by atoms with van der Waals surface area (Å²) in [7, 11) is 0. The molecule has 2 bridgehead atoms. The molecule has 2 N–H and O–H groups in total. The van der Waals surface area contributed by atoms with Crippen molar-refractivity contribution in [3.05, 3.63) is 0 Å². The van der Waals surface area contributed by atoms with Crippen LogP contribution in [0.4, 0.5) is 0 Å². The SMILES string of the molecule is CC1(C)C2CCC(CCO)(C2)C1(C)O. The van der Waals surface area contributed by atoms with Crippen molar-refractivity contribution in [3.8, 4) is 0 Å². The molecule has 0 aromatic heterocycles. The van der Waals surface area contributed by atoms with E-state index in [4.69, 9.17) is 5.11 Å². The van der Waals surface area contributed by atoms with Crippen LogP contribution in [0, 0.1) is 16.7 Å². The first-order chi connectivity index (χ1) is 6.37. The molecule has 0 radical (unpaired) electrons. The quantitative estimate of drug-likeness (QED) is 0.712. The van der Waals surface area contributed by atoms with E-state index < -0.39 is 5.60 Å². The van der Waals surface area contributed by atoms with Gasteiger partial charge in [-0.3, -0.25) is 0 Å². The van der Waals surface area contributed by atoms with Gasteiger partial charge in [0.2, 0.25) is 0 Å². The number of hydrogen-bond donors (Lipinski definition) is 2. The lowest BCUT2D eigenvalue weighted by Gasteiger charge is -2.49. The normalized spacial score (nSPS) is 49.9. The van der Waals surface area contributed by atoms with Gasteiger partial charge in [0, 0.05) is 12.0 Å². The van der Waals surface area contributed by atoms with Crippen LogP contribution in [0.15, 0.2) is 0 Å². The fourth-order valence-corrected chi connectivity index (χ4v) is 3.95. The van der Waals surface area contributed by atoms with E-state index in [1.807, 2.05) is 6.92 Å². The fourth-order valence-electron chi connectivity index (χ4n) is 3.95. The van der Waals surface area contributed by atoms with Crippen LogP contribution < -0.4 is 0 Å². The fraction of sp³-hybridized carbons (Fsp3) is 1.00. The Hall–Kier alpha value is -0.0800. The Balaban J connectivity index is 2.36. The lowest BCUT2D eigenvalue weighted by atomic mass is 9.60. The number of aliphatic hydroxyl groups is 2. The lowest BCUT2D eigenvalue weighted by Crippen LogP contribution is -2.53. The van der Waals surface area contributed by atoms with Gasteiger partial charge in [-0.05, 0) is 43.9 Å². The first-order valence-corrected chi connectivity index (χ1v) is 5.71. The highest BCUT2D eigenvalue weighted by molar-refractivity contribution is 5.17. The topological polar surface area (TPSA) is 40.5 Å². The highest BCUT2D eigenvalue weighted by Crippen LogP contribution is 2.69. The summed E-state index contributed by atoms with van der Waals surface area (Å²) in [6, 6.07) is 0. The van der Waals surface area contributed by atoms with Crippen molar-refractivity contribution in [2.75, 3.05) is 6.61 Å². The maximum atomic E-state index is 10.7. The van der Waals surface area contributed by atoms with Gasteiger partial charge in [-0.2, -0.15) is 0 Å². The number of hydrogen-bond acceptors (Lipinski definition) is 2. The van der Waals surface area contributed by atoms with Crippen LogP contribution in [-0.4, -0.2) is 22.4 Å². The Bertz CT molecular complexity index is 245. The molecule has 2 rings (SSSR count). The molecule has 0 aromatic carbocycles. The molecule has 82 valence electrons. The maximum Gasteiger partial charge on any atom is 0.0729 e. The maximum absolute atomic E-state index is 10.7. The predicted molar refractivity (Wildman–Crippen MR) is 55.9 cm³/mol. The van der Waals surface area contributed by atoms with Gasteiger partial charge < -0.3 is 10.2 Å². The van der Waals surface area contributed by atoms with Crippen LogP contribution in [0.1, 0.15) is 46.5 Å². The van der Waals surface area contributed by atoms with Gasteiger partial charge >= 0.3 is 0 Å². The van der Waals surface area contributed by atoms with E-state index in [2.05, 4.69) is 13.8 Å². The molecular formula is C12H22O2. The summed E-state index contributed by atoms with van der Waals surface area (Å²) in [5.74, 6) is 0.643. The van der Waals surface area contributed by atoms with E-state index in [1.54, 1.807) is 0 Å². The van der Waals surface area contributed by atoms with Crippen molar-refractivity contribution in [1.29, 1.82) is 0 Å². The van der Waals surface area contributed by atoms with E-state index in [0.717, 1.165) is 19.3 Å². The minimum Gasteiger partial charge on any atom is -0.396 e. The van der Waals surface area contributed by atoms with Crippen molar-refractivity contribution in [1.82, 2.24) is 0 Å². The second-order valence-corrected chi connectivity index (χ2v) is 5.99. The minimum atomic E-state index is -0.606. The van der Waals surface area contributed by atoms with E-state index in [0.29, 0.717) is 5.92 Å². The summed E-state index contributed by atoms with van der Waals surface area (Å²) in [5, 5.41) is 19.8. The Morgan fingerprint density at radius 3 is 2.36 bits per heavy atom. The third-order valence-electron chi connectivity index (χ3n) is 5.51. The average Bonchev–Trinajstić information content (AvgIpc) is 2.54. The molecule has 2 nitrogen and oxygen atoms in total. The molecule has 0 heterocycles. The smallest absolute Gasteiger partial charge is 0.0729 e. The van der Waals surface area contributed by atoms with Crippen LogP contribution in [-0.2, 0) is 0 Å². The molecule has 3 atom stereocenters. The van der Waals surface area contributed by atoms with E-state index >= 15 is 0 Å². The second-order valence-electron chi connectivity index (χ2n) is 5.99. The number of fused-ring (bicyclic) bond motifs is 2. The molecule has 2 saturated carbocycles. The Labute approximate surface area is 86.3 Å². The summed E-state index contributed by atoms with van der Waals surface area (Å²) >= 11 is 0. The molecule has 2 fully saturated rings. The molecule has 0 amide bonds. The molecule has 0 aromatic rings. The minimum absolute atomic E-state index is 0.00405. The Kier molecular flexibility index (Phi) is 2.04. The molecule has 0 saturated heterocycles. The van der Waals surface area contributed by atoms with Gasteiger partial charge in [0.25, 0.3) is 0 Å². The first-order valence-electron chi connectivity index (χ1n) is 5.71. The summed E-state index contributed by atoms with van der Waals surface area (Å²) < 4.78 is 0. The zero-order valence-electron chi connectivity index (χ0n) is 9.51. The van der Waals surface area contributed by atoms with Crippen molar-refractivity contribution >= 4 is 0 Å². The molecule has 2 aliphatic rings. The monoisotopic (exact) mass is 198 g/mol. The van der Waals surface area contributed by atoms with Crippen molar-refractivity contribution in [3.63, 3.8) is 0 Å². The predicted octanol–water partition coefficient (Wildman–Crippen LogP) is 1.95. The summed E-state index contributed by atoms with van der Waals surface area (Å²) in [4.78, 5) is 0. The second kappa shape index (κ2) is 2.73. The van der Waals surface area contributed by atoms with Crippen LogP contribution >= 0.6 is 0 Å². The highest BCUT2D eigenvalue weighted by Gasteiger charge is 2.67. The van der Waals surface area contributed by atoms with Gasteiger partial charge in [0.15, 0.2) is 0 Å². The van der Waals surface area contributed by atoms with E-state index in [-0.39, 0.29) is 17.4 Å². The third-order valence-corrected chi connectivity index (χ3v) is 5.51. The van der Waals surface area contributed by atoms with Gasteiger partial charge in [-0.15, -0.1) is 0 Å². The van der Waals surface area contributed by atoms with Gasteiger partial charge in [0.1, 0.15) is 0 Å². The zero-order valence-corrected chi connectivity index (χ0v) is 9.51. The molecule has 14 heavy (non-hydrogen) atoms. The van der Waals surface area contributed by atoms with E-state index in [1.165, 1.54) is 6.42 Å². The largest absolute Gasteiger partial charge is 0.396 e. The molecule has 0 spiro atoms. The first kappa shape index (κ1) is 10.4. The Morgan fingerprint density at radius 2 is 1.93 bits per heavy atom. The standard InChI is InChI=1S/C12H22O2/c1-10(2)9-4-5-12(8-9,6-7-13)11(10,3)14/h9,13-14H,4-8H2,1-3H3. The summed E-state index contributed by atoms with van der Waals surface area (Å²) in [6.45, 7) is 6.53. The van der Waals surface area contributed by atoms with Crippen molar-refractivity contribution < 1.29 is 10.2 Å². The molecular weight excluding hydrogens is 176 g/mol. The molecule has 3 unspecified atom stereocenters. The van der Waals surface area contributed by atoms with Crippen molar-refractivity contribution in [2.24, 2.45) is 16.7 Å². The highest BCUT2D eigenvalue weighted by atomic mass is 16.3. The van der Waals surface area contributed by atoms with Crippen LogP contribution in [0.25, 0.3) is 0 Å². The van der Waals surface area contributed by atoms with Crippen molar-refractivity contribution in [2.45, 2.75) is 52.1 Å². The van der Waals surface area contributed by atoms with Crippen LogP contribution in [0.5, 0.6) is 0 Å². The van der Waals surface area contributed by atoms with E-state index in [9.17, 15) is 5.11 Å². The Morgan fingerprint density at radius 1 is 1.29 bits per heavy atom. The summed E-state index contributed by atoms with van der Waals surface area (Å²) in [6.07, 6.45) is 4.19. The third kappa shape index (κ3) is 0.938. The van der Waals surface area contributed by atoms with Gasteiger partial charge in [-0.25, -0.2) is 0 Å². The molecule has 0 aliphatic heterocycles. The van der Waals surface area contributed by atoms with Gasteiger partial charge in [0.05, 0.1) is 5.60 Å². The summed E-state index contributed by atoms with van der Waals surface area (Å²) in [5.41, 5.74) is -0.595. The average molecular weight is 198 g/mol. The molecule has 2 heteroatoms. The molecule has 2 aliphatic carbocycles. The van der Waals surface area contributed by atoms with Crippen LogP contribution in [0.3, 0.4) is 0 Å². The zero-order chi connectivity index (χ0) is 10.6.